The fourth-order valence-electron chi connectivity index (χ4n) is 4.56. The number of nitrogens with zero attached hydrogens (tertiary/aromatic N) is 1. The van der Waals surface area contributed by atoms with Gasteiger partial charge in [-0.25, -0.2) is 18.4 Å². The van der Waals surface area contributed by atoms with Crippen LogP contribution in [0.4, 0.5) is 4.79 Å². The van der Waals surface area contributed by atoms with Gasteiger partial charge in [0, 0.05) is 30.2 Å². The van der Waals surface area contributed by atoms with E-state index < -0.39 is 10.0 Å². The number of primary sulfonamides is 1. The molecular formula is C24H40N4O4S. The molecule has 8 nitrogen and oxygen atoms in total. The zero-order valence-electron chi connectivity index (χ0n) is 20.4. The summed E-state index contributed by atoms with van der Waals surface area (Å²) in [5, 5.41) is 11.5. The third kappa shape index (κ3) is 7.43. The molecule has 0 saturated carbocycles. The number of hydrogen-bond acceptors (Lipinski definition) is 4. The van der Waals surface area contributed by atoms with Crippen molar-refractivity contribution in [2.75, 3.05) is 13.1 Å². The maximum atomic E-state index is 12.8. The van der Waals surface area contributed by atoms with E-state index in [9.17, 15) is 18.0 Å². The summed E-state index contributed by atoms with van der Waals surface area (Å²) < 4.78 is 22.8. The third-order valence-corrected chi connectivity index (χ3v) is 8.04. The largest absolute Gasteiger partial charge is 0.338 e. The van der Waals surface area contributed by atoms with Crippen molar-refractivity contribution < 1.29 is 18.0 Å². The van der Waals surface area contributed by atoms with E-state index in [-0.39, 0.29) is 28.4 Å². The number of nitrogens with two attached hydrogens (primary N) is 1. The molecule has 1 aromatic carbocycles. The Hall–Kier alpha value is -2.13. The molecule has 33 heavy (non-hydrogen) atoms. The highest BCUT2D eigenvalue weighted by atomic mass is 32.2. The summed E-state index contributed by atoms with van der Waals surface area (Å²) in [5.74, 6) is 0.443. The molecule has 1 fully saturated rings. The first-order valence-corrected chi connectivity index (χ1v) is 13.6. The molecule has 0 unspecified atom stereocenters. The lowest BCUT2D eigenvalue weighted by atomic mass is 9.81. The van der Waals surface area contributed by atoms with Gasteiger partial charge in [0.15, 0.2) is 0 Å². The number of carbonyl (C=O) groups is 2. The second kappa shape index (κ2) is 11.8. The number of carbonyl (C=O) groups excluding carboxylic acids is 2. The van der Waals surface area contributed by atoms with E-state index in [1.54, 1.807) is 4.90 Å². The van der Waals surface area contributed by atoms with Crippen molar-refractivity contribution in [3.63, 3.8) is 0 Å². The normalized spacial score (nSPS) is 15.5. The maximum Gasteiger partial charge on any atom is 0.315 e. The fourth-order valence-corrected chi connectivity index (χ4v) is 5.07. The fraction of sp³-hybridized carbons (Fsp3) is 0.667. The maximum absolute atomic E-state index is 12.8. The Morgan fingerprint density at radius 1 is 1.06 bits per heavy atom. The molecule has 1 heterocycles. The number of sulfonamides is 1. The van der Waals surface area contributed by atoms with Crippen molar-refractivity contribution in [2.45, 2.75) is 89.1 Å². The Bertz CT molecular complexity index is 886. The van der Waals surface area contributed by atoms with Crippen LogP contribution in [0.15, 0.2) is 29.2 Å². The van der Waals surface area contributed by atoms with Crippen LogP contribution in [0.5, 0.6) is 0 Å². The molecule has 0 aromatic heterocycles. The van der Waals surface area contributed by atoms with Gasteiger partial charge in [0.1, 0.15) is 0 Å². The minimum Gasteiger partial charge on any atom is -0.338 e. The molecule has 2 rings (SSSR count). The van der Waals surface area contributed by atoms with Crippen LogP contribution in [0, 0.1) is 5.92 Å². The number of hydrogen-bond donors (Lipinski definition) is 3. The average Bonchev–Trinajstić information content (AvgIpc) is 2.81. The summed E-state index contributed by atoms with van der Waals surface area (Å²) >= 11 is 0. The Balaban J connectivity index is 1.90. The number of rotatable bonds is 10. The van der Waals surface area contributed by atoms with Gasteiger partial charge in [0.2, 0.25) is 10.0 Å². The van der Waals surface area contributed by atoms with Gasteiger partial charge in [-0.15, -0.1) is 0 Å². The Morgan fingerprint density at radius 3 is 2.06 bits per heavy atom. The van der Waals surface area contributed by atoms with Crippen LogP contribution in [0.25, 0.3) is 0 Å². The van der Waals surface area contributed by atoms with Gasteiger partial charge in [-0.2, -0.15) is 0 Å². The van der Waals surface area contributed by atoms with Gasteiger partial charge in [0.25, 0.3) is 5.91 Å². The summed E-state index contributed by atoms with van der Waals surface area (Å²) in [7, 11) is -3.79. The minimum atomic E-state index is -3.79. The number of nitrogens with one attached hydrogen (secondary N) is 2. The number of amides is 3. The number of urea groups is 1. The van der Waals surface area contributed by atoms with Crippen molar-refractivity contribution >= 4 is 22.0 Å². The quantitative estimate of drug-likeness (QED) is 0.473. The molecule has 1 aliphatic heterocycles. The first kappa shape index (κ1) is 27.1. The first-order chi connectivity index (χ1) is 15.6. The van der Waals surface area contributed by atoms with Crippen LogP contribution in [-0.2, 0) is 10.0 Å². The molecule has 0 radical (unpaired) electrons. The van der Waals surface area contributed by atoms with Gasteiger partial charge in [-0.05, 0) is 62.3 Å². The minimum absolute atomic E-state index is 0.0124. The van der Waals surface area contributed by atoms with Crippen LogP contribution in [0.2, 0.25) is 0 Å². The lowest BCUT2D eigenvalue weighted by molar-refractivity contribution is 0.0707. The van der Waals surface area contributed by atoms with Crippen molar-refractivity contribution in [1.29, 1.82) is 0 Å². The van der Waals surface area contributed by atoms with Gasteiger partial charge in [0.05, 0.1) is 4.90 Å². The van der Waals surface area contributed by atoms with E-state index in [2.05, 4.69) is 38.3 Å². The smallest absolute Gasteiger partial charge is 0.315 e. The van der Waals surface area contributed by atoms with Gasteiger partial charge in [-0.1, -0.05) is 40.5 Å². The van der Waals surface area contributed by atoms with Crippen LogP contribution in [0.1, 0.15) is 83.0 Å². The molecule has 3 amide bonds. The topological polar surface area (TPSA) is 122 Å². The standard InChI is InChI=1S/C24H40N4O4S/c1-5-18(6-2)17-24(7-3,8-4)27-23(30)26-20-13-15-28(16-14-20)22(29)19-9-11-21(12-10-19)33(25,31)32/h9-12,18,20H,5-8,13-17H2,1-4H3,(H2,25,31,32)(H2,26,27,30). The Labute approximate surface area is 198 Å². The van der Waals surface area contributed by atoms with E-state index in [0.29, 0.717) is 37.4 Å². The van der Waals surface area contributed by atoms with Crippen molar-refractivity contribution in [3.8, 4) is 0 Å². The Morgan fingerprint density at radius 2 is 1.61 bits per heavy atom. The average molecular weight is 481 g/mol. The lowest BCUT2D eigenvalue weighted by Gasteiger charge is -2.37. The molecule has 0 aliphatic carbocycles. The number of piperidine rings is 1. The van der Waals surface area contributed by atoms with E-state index in [4.69, 9.17) is 5.14 Å². The van der Waals surface area contributed by atoms with E-state index in [0.717, 1.165) is 32.1 Å². The summed E-state index contributed by atoms with van der Waals surface area (Å²) in [6.07, 6.45) is 6.34. The van der Waals surface area contributed by atoms with E-state index >= 15 is 0 Å². The molecule has 0 bridgehead atoms. The molecule has 1 aromatic rings. The van der Waals surface area contributed by atoms with Crippen LogP contribution >= 0.6 is 0 Å². The molecule has 4 N–H and O–H groups in total. The van der Waals surface area contributed by atoms with Crippen LogP contribution < -0.4 is 15.8 Å². The van der Waals surface area contributed by atoms with Crippen molar-refractivity contribution in [1.82, 2.24) is 15.5 Å². The molecule has 186 valence electrons. The Kier molecular flexibility index (Phi) is 9.72. The highest BCUT2D eigenvalue weighted by Crippen LogP contribution is 2.28. The highest BCUT2D eigenvalue weighted by molar-refractivity contribution is 7.89. The second-order valence-corrected chi connectivity index (χ2v) is 10.7. The van der Waals surface area contributed by atoms with E-state index in [1.807, 2.05) is 0 Å². The summed E-state index contributed by atoms with van der Waals surface area (Å²) in [6.45, 7) is 9.72. The molecule has 1 aliphatic rings. The summed E-state index contributed by atoms with van der Waals surface area (Å²) in [6, 6.07) is 5.53. The van der Waals surface area contributed by atoms with Gasteiger partial charge >= 0.3 is 6.03 Å². The van der Waals surface area contributed by atoms with Gasteiger partial charge < -0.3 is 15.5 Å². The predicted octanol–water partition coefficient (Wildman–Crippen LogP) is 3.62. The molecule has 9 heteroatoms. The highest BCUT2D eigenvalue weighted by Gasteiger charge is 2.32. The molecule has 0 spiro atoms. The monoisotopic (exact) mass is 480 g/mol. The van der Waals surface area contributed by atoms with Crippen LogP contribution in [-0.4, -0.2) is 49.9 Å². The first-order valence-electron chi connectivity index (χ1n) is 12.1. The zero-order chi connectivity index (χ0) is 24.6. The van der Waals surface area contributed by atoms with Gasteiger partial charge in [-0.3, -0.25) is 4.79 Å². The van der Waals surface area contributed by atoms with Crippen molar-refractivity contribution in [2.24, 2.45) is 11.1 Å². The van der Waals surface area contributed by atoms with Crippen molar-refractivity contribution in [3.05, 3.63) is 29.8 Å². The molecule has 1 saturated heterocycles. The van der Waals surface area contributed by atoms with E-state index in [1.165, 1.54) is 24.3 Å². The second-order valence-electron chi connectivity index (χ2n) is 9.11. The molecular weight excluding hydrogens is 440 g/mol. The number of likely N-dealkylation sites (tertiary alicyclic amines) is 1. The summed E-state index contributed by atoms with van der Waals surface area (Å²) in [4.78, 5) is 27.3. The third-order valence-electron chi connectivity index (χ3n) is 7.11. The predicted molar refractivity (Wildman–Crippen MR) is 130 cm³/mol. The number of benzene rings is 1. The summed E-state index contributed by atoms with van der Waals surface area (Å²) in [5.41, 5.74) is 0.226. The lowest BCUT2D eigenvalue weighted by Crippen LogP contribution is -2.56. The molecule has 0 atom stereocenters. The van der Waals surface area contributed by atoms with Crippen LogP contribution in [0.3, 0.4) is 0 Å². The zero-order valence-corrected chi connectivity index (χ0v) is 21.2. The SMILES string of the molecule is CCC(CC)CC(CC)(CC)NC(=O)NC1CCN(C(=O)c2ccc(S(N)(=O)=O)cc2)CC1.